The molecule has 0 bridgehead atoms. The molecule has 0 fully saturated rings. The third-order valence-electron chi connectivity index (χ3n) is 6.45. The lowest BCUT2D eigenvalue weighted by Gasteiger charge is -2.12. The fourth-order valence-corrected chi connectivity index (χ4v) is 5.09. The molecule has 5 aromatic rings. The number of nitrogens with zero attached hydrogens (tertiary/aromatic N) is 2. The van der Waals surface area contributed by atoms with Gasteiger partial charge in [-0.25, -0.2) is 4.79 Å². The van der Waals surface area contributed by atoms with Crippen LogP contribution in [0.4, 0.5) is 0 Å². The van der Waals surface area contributed by atoms with Crippen LogP contribution in [0, 0.1) is 6.92 Å². The molecule has 0 radical (unpaired) electrons. The van der Waals surface area contributed by atoms with E-state index in [9.17, 15) is 9.90 Å². The van der Waals surface area contributed by atoms with Crippen molar-refractivity contribution >= 4 is 39.9 Å². The smallest absolute Gasteiger partial charge is 0.336 e. The Morgan fingerprint density at radius 3 is 2.42 bits per heavy atom. The predicted molar refractivity (Wildman–Crippen MR) is 149 cm³/mol. The lowest BCUT2D eigenvalue weighted by Crippen LogP contribution is -2.02. The summed E-state index contributed by atoms with van der Waals surface area (Å²) in [5.74, 6) is 0.511. The Morgan fingerprint density at radius 2 is 1.71 bits per heavy atom. The summed E-state index contributed by atoms with van der Waals surface area (Å²) in [6, 6.07) is 18.5. The molecule has 2 heterocycles. The zero-order valence-corrected chi connectivity index (χ0v) is 22.5. The first kappa shape index (κ1) is 25.8. The number of ether oxygens (including phenoxy) is 1. The highest BCUT2D eigenvalue weighted by molar-refractivity contribution is 6.39. The van der Waals surface area contributed by atoms with E-state index in [-0.39, 0.29) is 18.1 Å². The van der Waals surface area contributed by atoms with Crippen LogP contribution >= 0.6 is 23.2 Å². The first-order valence-electron chi connectivity index (χ1n) is 12.0. The number of aromatic nitrogens is 2. The molecule has 0 saturated carbocycles. The van der Waals surface area contributed by atoms with E-state index >= 15 is 0 Å². The minimum Gasteiger partial charge on any atom is -0.489 e. The van der Waals surface area contributed by atoms with Gasteiger partial charge in [-0.2, -0.15) is 0 Å². The fourth-order valence-electron chi connectivity index (χ4n) is 4.51. The third-order valence-corrected chi connectivity index (χ3v) is 7.08. The number of carboxylic acid groups (broad SMARTS) is 1. The van der Waals surface area contributed by atoms with Crippen molar-refractivity contribution in [2.45, 2.75) is 33.3 Å². The number of aromatic carboxylic acids is 1. The Morgan fingerprint density at radius 1 is 1.00 bits per heavy atom. The SMILES string of the molecule is Cc1c(C(=O)O)ccnc1-c1ccc2cc(OCc3c(-c4c(Cl)cccc4Cl)noc3C(C)C)ccc2c1. The van der Waals surface area contributed by atoms with Crippen LogP contribution in [0.25, 0.3) is 33.3 Å². The van der Waals surface area contributed by atoms with Gasteiger partial charge in [0.05, 0.1) is 26.9 Å². The molecule has 0 aliphatic rings. The van der Waals surface area contributed by atoms with Crippen molar-refractivity contribution < 1.29 is 19.2 Å². The molecule has 0 unspecified atom stereocenters. The van der Waals surface area contributed by atoms with E-state index in [1.807, 2.05) is 50.2 Å². The maximum Gasteiger partial charge on any atom is 0.336 e. The number of carbonyl (C=O) groups is 1. The average molecular weight is 547 g/mol. The second-order valence-electron chi connectivity index (χ2n) is 9.28. The number of halogens is 2. The van der Waals surface area contributed by atoms with Gasteiger partial charge in [-0.15, -0.1) is 0 Å². The summed E-state index contributed by atoms with van der Waals surface area (Å²) in [6.45, 7) is 6.05. The topological polar surface area (TPSA) is 85.5 Å². The van der Waals surface area contributed by atoms with E-state index in [0.717, 1.165) is 21.9 Å². The Balaban J connectivity index is 1.45. The Hall–Kier alpha value is -3.87. The molecular formula is C30H24Cl2N2O4. The normalized spacial score (nSPS) is 11.3. The highest BCUT2D eigenvalue weighted by atomic mass is 35.5. The number of fused-ring (bicyclic) bond motifs is 1. The van der Waals surface area contributed by atoms with E-state index in [1.54, 1.807) is 25.1 Å². The maximum absolute atomic E-state index is 11.5. The molecule has 0 aliphatic carbocycles. The van der Waals surface area contributed by atoms with Crippen molar-refractivity contribution in [3.63, 3.8) is 0 Å². The Labute approximate surface area is 229 Å². The van der Waals surface area contributed by atoms with Gasteiger partial charge >= 0.3 is 5.97 Å². The second-order valence-corrected chi connectivity index (χ2v) is 10.1. The third kappa shape index (κ3) is 4.85. The lowest BCUT2D eigenvalue weighted by atomic mass is 9.99. The van der Waals surface area contributed by atoms with Crippen molar-refractivity contribution in [3.8, 4) is 28.3 Å². The molecule has 0 amide bonds. The number of hydrogen-bond acceptors (Lipinski definition) is 5. The molecule has 192 valence electrons. The summed E-state index contributed by atoms with van der Waals surface area (Å²) in [5.41, 5.74) is 4.35. The largest absolute Gasteiger partial charge is 0.489 e. The van der Waals surface area contributed by atoms with Crippen LogP contribution in [0.15, 0.2) is 71.4 Å². The maximum atomic E-state index is 11.5. The summed E-state index contributed by atoms with van der Waals surface area (Å²) < 4.78 is 11.9. The zero-order valence-electron chi connectivity index (χ0n) is 21.0. The van der Waals surface area contributed by atoms with Crippen molar-refractivity contribution in [1.82, 2.24) is 10.1 Å². The van der Waals surface area contributed by atoms with Crippen LogP contribution in [0.2, 0.25) is 10.0 Å². The number of pyridine rings is 1. The van der Waals surface area contributed by atoms with Gasteiger partial charge in [0.15, 0.2) is 0 Å². The molecular weight excluding hydrogens is 523 g/mol. The monoisotopic (exact) mass is 546 g/mol. The molecule has 0 aliphatic heterocycles. The van der Waals surface area contributed by atoms with E-state index in [4.69, 9.17) is 32.5 Å². The quantitative estimate of drug-likeness (QED) is 0.220. The van der Waals surface area contributed by atoms with Crippen LogP contribution < -0.4 is 4.74 Å². The van der Waals surface area contributed by atoms with E-state index in [2.05, 4.69) is 10.1 Å². The second kappa shape index (κ2) is 10.5. The van der Waals surface area contributed by atoms with Gasteiger partial charge in [-0.05, 0) is 59.7 Å². The minimum absolute atomic E-state index is 0.0860. The highest BCUT2D eigenvalue weighted by Crippen LogP contribution is 2.39. The van der Waals surface area contributed by atoms with Crippen molar-refractivity contribution in [2.75, 3.05) is 0 Å². The molecule has 3 aromatic carbocycles. The highest BCUT2D eigenvalue weighted by Gasteiger charge is 2.24. The van der Waals surface area contributed by atoms with Crippen molar-refractivity contribution in [1.29, 1.82) is 0 Å². The molecule has 5 rings (SSSR count). The van der Waals surface area contributed by atoms with Gasteiger partial charge in [0.1, 0.15) is 23.8 Å². The molecule has 2 aromatic heterocycles. The standard InChI is InChI=1S/C30H24Cl2N2O4/c1-16(2)29-23(28(34-38-29)26-24(31)5-4-6-25(26)32)15-37-21-10-9-18-13-20(8-7-19(18)14-21)27-17(3)22(30(35)36)11-12-33-27/h4-14,16H,15H2,1-3H3,(H,35,36). The van der Waals surface area contributed by atoms with Crippen LogP contribution in [-0.4, -0.2) is 21.2 Å². The van der Waals surface area contributed by atoms with E-state index in [1.165, 1.54) is 12.3 Å². The minimum atomic E-state index is -0.970. The number of benzene rings is 3. The molecule has 8 heteroatoms. The van der Waals surface area contributed by atoms with E-state index in [0.29, 0.717) is 44.1 Å². The van der Waals surface area contributed by atoms with Crippen molar-refractivity contribution in [3.05, 3.63) is 99.4 Å². The van der Waals surface area contributed by atoms with Crippen molar-refractivity contribution in [2.24, 2.45) is 0 Å². The fraction of sp³-hybridized carbons (Fsp3) is 0.167. The van der Waals surface area contributed by atoms with E-state index < -0.39 is 5.97 Å². The summed E-state index contributed by atoms with van der Waals surface area (Å²) >= 11 is 12.9. The average Bonchev–Trinajstić information content (AvgIpc) is 3.30. The Bertz CT molecular complexity index is 1660. The summed E-state index contributed by atoms with van der Waals surface area (Å²) in [4.78, 5) is 16.0. The molecule has 0 saturated heterocycles. The van der Waals surface area contributed by atoms with Gasteiger partial charge < -0.3 is 14.4 Å². The van der Waals surface area contributed by atoms with Gasteiger partial charge in [-0.3, -0.25) is 4.98 Å². The first-order valence-corrected chi connectivity index (χ1v) is 12.8. The molecule has 1 N–H and O–H groups in total. The van der Waals surface area contributed by atoms with Gasteiger partial charge in [0.25, 0.3) is 0 Å². The summed E-state index contributed by atoms with van der Waals surface area (Å²) in [7, 11) is 0. The first-order chi connectivity index (χ1) is 18.2. The van der Waals surface area contributed by atoms with Gasteiger partial charge in [-0.1, -0.05) is 66.5 Å². The zero-order chi connectivity index (χ0) is 27.0. The number of carboxylic acids is 1. The molecule has 0 spiro atoms. The predicted octanol–water partition coefficient (Wildman–Crippen LogP) is 8.57. The Kier molecular flexibility index (Phi) is 7.11. The molecule has 38 heavy (non-hydrogen) atoms. The number of rotatable bonds is 7. The van der Waals surface area contributed by atoms with Crippen LogP contribution in [0.3, 0.4) is 0 Å². The van der Waals surface area contributed by atoms with Crippen LogP contribution in [0.1, 0.15) is 47.0 Å². The lowest BCUT2D eigenvalue weighted by molar-refractivity contribution is 0.0696. The van der Waals surface area contributed by atoms with Crippen LogP contribution in [-0.2, 0) is 6.61 Å². The summed E-state index contributed by atoms with van der Waals surface area (Å²) in [5, 5.41) is 16.7. The van der Waals surface area contributed by atoms with Gasteiger partial charge in [0.2, 0.25) is 0 Å². The number of hydrogen-bond donors (Lipinski definition) is 1. The van der Waals surface area contributed by atoms with Gasteiger partial charge in [0, 0.05) is 23.2 Å². The van der Waals surface area contributed by atoms with Crippen LogP contribution in [0.5, 0.6) is 5.75 Å². The summed E-state index contributed by atoms with van der Waals surface area (Å²) in [6.07, 6.45) is 1.52. The molecule has 0 atom stereocenters. The molecule has 6 nitrogen and oxygen atoms in total.